The first kappa shape index (κ1) is 16.1. The van der Waals surface area contributed by atoms with Crippen LogP contribution in [0.15, 0.2) is 42.0 Å². The molecular formula is C18H23N3OS. The van der Waals surface area contributed by atoms with E-state index >= 15 is 0 Å². The topological polar surface area (TPSA) is 38.2 Å². The lowest BCUT2D eigenvalue weighted by Gasteiger charge is -2.27. The Morgan fingerprint density at radius 3 is 2.78 bits per heavy atom. The molecule has 0 aliphatic carbocycles. The quantitative estimate of drug-likeness (QED) is 0.756. The summed E-state index contributed by atoms with van der Waals surface area (Å²) in [6.07, 6.45) is 3.31. The van der Waals surface area contributed by atoms with Crippen molar-refractivity contribution in [3.05, 3.63) is 53.4 Å². The van der Waals surface area contributed by atoms with E-state index in [9.17, 15) is 0 Å². The fourth-order valence-electron chi connectivity index (χ4n) is 2.81. The molecule has 0 saturated carbocycles. The lowest BCUT2D eigenvalue weighted by atomic mass is 10.0. The minimum atomic E-state index is 0.436. The van der Waals surface area contributed by atoms with E-state index in [0.29, 0.717) is 5.92 Å². The van der Waals surface area contributed by atoms with Gasteiger partial charge in [-0.1, -0.05) is 43.3 Å². The number of ether oxygens (including phenoxy) is 1. The van der Waals surface area contributed by atoms with Gasteiger partial charge in [-0.25, -0.2) is 4.98 Å². The van der Waals surface area contributed by atoms with Gasteiger partial charge in [-0.05, 0) is 30.4 Å². The fourth-order valence-corrected chi connectivity index (χ4v) is 3.49. The van der Waals surface area contributed by atoms with Gasteiger partial charge in [0.05, 0.1) is 13.2 Å². The molecular weight excluding hydrogens is 306 g/mol. The smallest absolute Gasteiger partial charge is 0.205 e. The molecule has 0 radical (unpaired) electrons. The van der Waals surface area contributed by atoms with E-state index in [0.717, 1.165) is 43.7 Å². The second-order valence-corrected chi connectivity index (χ2v) is 6.75. The van der Waals surface area contributed by atoms with Crippen molar-refractivity contribution in [1.82, 2.24) is 9.36 Å². The van der Waals surface area contributed by atoms with Crippen LogP contribution in [0.1, 0.15) is 30.7 Å². The van der Waals surface area contributed by atoms with Gasteiger partial charge in [-0.3, -0.25) is 0 Å². The van der Waals surface area contributed by atoms with Crippen LogP contribution in [0, 0.1) is 6.92 Å². The Morgan fingerprint density at radius 1 is 1.30 bits per heavy atom. The van der Waals surface area contributed by atoms with Gasteiger partial charge in [0.2, 0.25) is 5.13 Å². The molecule has 1 aromatic carbocycles. The highest BCUT2D eigenvalue weighted by atomic mass is 32.1. The molecule has 1 aliphatic heterocycles. The average molecular weight is 329 g/mol. The zero-order chi connectivity index (χ0) is 16.1. The number of nitrogens with zero attached hydrogens (tertiary/aromatic N) is 3. The number of aryl methyl sites for hydroxylation is 1. The van der Waals surface area contributed by atoms with Crippen molar-refractivity contribution in [1.29, 1.82) is 0 Å². The Kier molecular flexibility index (Phi) is 5.41. The summed E-state index contributed by atoms with van der Waals surface area (Å²) >= 11 is 1.48. The van der Waals surface area contributed by atoms with Crippen LogP contribution in [-0.2, 0) is 4.74 Å². The molecule has 0 bridgehead atoms. The van der Waals surface area contributed by atoms with Crippen molar-refractivity contribution < 1.29 is 4.74 Å². The van der Waals surface area contributed by atoms with E-state index in [1.54, 1.807) is 0 Å². The number of anilines is 1. The molecule has 2 heterocycles. The molecule has 122 valence electrons. The molecule has 2 aromatic rings. The number of hydrogen-bond acceptors (Lipinski definition) is 5. The largest absolute Gasteiger partial charge is 0.377 e. The number of rotatable bonds is 6. The van der Waals surface area contributed by atoms with Crippen molar-refractivity contribution in [2.24, 2.45) is 0 Å². The van der Waals surface area contributed by atoms with Crippen LogP contribution in [0.3, 0.4) is 0 Å². The highest BCUT2D eigenvalue weighted by molar-refractivity contribution is 7.09. The van der Waals surface area contributed by atoms with Gasteiger partial charge in [0.1, 0.15) is 5.82 Å². The maximum atomic E-state index is 5.59. The van der Waals surface area contributed by atoms with Crippen molar-refractivity contribution in [3.8, 4) is 0 Å². The Hall–Kier alpha value is -1.72. The van der Waals surface area contributed by atoms with E-state index in [1.807, 2.05) is 6.92 Å². The zero-order valence-electron chi connectivity index (χ0n) is 13.7. The Bertz CT molecular complexity index is 653. The Morgan fingerprint density at radius 2 is 2.13 bits per heavy atom. The minimum Gasteiger partial charge on any atom is -0.377 e. The Balaban J connectivity index is 1.76. The molecule has 0 amide bonds. The van der Waals surface area contributed by atoms with Gasteiger partial charge in [0.25, 0.3) is 0 Å². The van der Waals surface area contributed by atoms with Crippen molar-refractivity contribution >= 4 is 16.7 Å². The lowest BCUT2D eigenvalue weighted by molar-refractivity contribution is 0.149. The molecule has 23 heavy (non-hydrogen) atoms. The second-order valence-electron chi connectivity index (χ2n) is 6.02. The predicted molar refractivity (Wildman–Crippen MR) is 95.2 cm³/mol. The molecule has 0 N–H and O–H groups in total. The van der Waals surface area contributed by atoms with E-state index in [1.165, 1.54) is 22.7 Å². The lowest BCUT2D eigenvalue weighted by Crippen LogP contribution is -2.31. The van der Waals surface area contributed by atoms with Crippen molar-refractivity contribution in [3.63, 3.8) is 0 Å². The summed E-state index contributed by atoms with van der Waals surface area (Å²) in [4.78, 5) is 6.92. The monoisotopic (exact) mass is 329 g/mol. The standard InChI is InChI=1S/C18H23N3OS/c1-14(17-8-4-3-5-9-17)11-21(18-19-15(2)20-23-18)12-16-7-6-10-22-13-16/h3-5,7-9,14H,6,10-13H2,1-2H3. The second kappa shape index (κ2) is 7.70. The van der Waals surface area contributed by atoms with E-state index in [4.69, 9.17) is 4.74 Å². The first-order valence-corrected chi connectivity index (χ1v) is 8.85. The summed E-state index contributed by atoms with van der Waals surface area (Å²) in [5.41, 5.74) is 2.69. The van der Waals surface area contributed by atoms with Crippen LogP contribution in [0.2, 0.25) is 0 Å². The summed E-state index contributed by atoms with van der Waals surface area (Å²) in [6.45, 7) is 7.57. The normalized spacial score (nSPS) is 16.0. The minimum absolute atomic E-state index is 0.436. The average Bonchev–Trinajstić information content (AvgIpc) is 3.02. The van der Waals surface area contributed by atoms with Crippen LogP contribution < -0.4 is 4.90 Å². The molecule has 0 saturated heterocycles. The molecule has 5 heteroatoms. The van der Waals surface area contributed by atoms with E-state index in [2.05, 4.69) is 57.6 Å². The first-order chi connectivity index (χ1) is 11.2. The number of aromatic nitrogens is 2. The highest BCUT2D eigenvalue weighted by Gasteiger charge is 2.18. The summed E-state index contributed by atoms with van der Waals surface area (Å²) in [5, 5.41) is 0.997. The number of hydrogen-bond donors (Lipinski definition) is 0. The van der Waals surface area contributed by atoms with Gasteiger partial charge in [-0.2, -0.15) is 4.37 Å². The van der Waals surface area contributed by atoms with E-state index < -0.39 is 0 Å². The predicted octanol–water partition coefficient (Wildman–Crippen LogP) is 3.80. The van der Waals surface area contributed by atoms with Gasteiger partial charge >= 0.3 is 0 Å². The van der Waals surface area contributed by atoms with Gasteiger partial charge in [0.15, 0.2) is 0 Å². The van der Waals surface area contributed by atoms with Crippen LogP contribution in [-0.4, -0.2) is 35.7 Å². The molecule has 1 atom stereocenters. The summed E-state index contributed by atoms with van der Waals surface area (Å²) < 4.78 is 9.93. The molecule has 0 spiro atoms. The maximum absolute atomic E-state index is 5.59. The third-order valence-corrected chi connectivity index (χ3v) is 4.90. The molecule has 1 aromatic heterocycles. The van der Waals surface area contributed by atoms with Crippen LogP contribution in [0.5, 0.6) is 0 Å². The molecule has 0 fully saturated rings. The highest BCUT2D eigenvalue weighted by Crippen LogP contribution is 2.24. The molecule has 1 unspecified atom stereocenters. The summed E-state index contributed by atoms with van der Waals surface area (Å²) in [6, 6.07) is 10.6. The maximum Gasteiger partial charge on any atom is 0.205 e. The van der Waals surface area contributed by atoms with Crippen LogP contribution in [0.25, 0.3) is 0 Å². The van der Waals surface area contributed by atoms with Gasteiger partial charge in [-0.15, -0.1) is 0 Å². The van der Waals surface area contributed by atoms with Gasteiger partial charge in [0, 0.05) is 24.6 Å². The van der Waals surface area contributed by atoms with Crippen molar-refractivity contribution in [2.45, 2.75) is 26.2 Å². The summed E-state index contributed by atoms with van der Waals surface area (Å²) in [7, 11) is 0. The number of benzene rings is 1. The van der Waals surface area contributed by atoms with Gasteiger partial charge < -0.3 is 9.64 Å². The first-order valence-electron chi connectivity index (χ1n) is 8.08. The molecule has 1 aliphatic rings. The van der Waals surface area contributed by atoms with E-state index in [-0.39, 0.29) is 0 Å². The zero-order valence-corrected chi connectivity index (χ0v) is 14.6. The van der Waals surface area contributed by atoms with Crippen molar-refractivity contribution in [2.75, 3.05) is 31.2 Å². The van der Waals surface area contributed by atoms with Crippen LogP contribution in [0.4, 0.5) is 5.13 Å². The van der Waals surface area contributed by atoms with Crippen LogP contribution >= 0.6 is 11.5 Å². The molecule has 4 nitrogen and oxygen atoms in total. The SMILES string of the molecule is Cc1nsc(N(CC2=CCCOC2)CC(C)c2ccccc2)n1. The third-order valence-electron chi connectivity index (χ3n) is 4.03. The third kappa shape index (κ3) is 4.39. The fraction of sp³-hybridized carbons (Fsp3) is 0.444. The Labute approximate surface area is 142 Å². The molecule has 3 rings (SSSR count). The summed E-state index contributed by atoms with van der Waals surface area (Å²) in [5.74, 6) is 1.28.